The Morgan fingerprint density at radius 1 is 1.15 bits per heavy atom. The van der Waals surface area contributed by atoms with E-state index in [1.54, 1.807) is 12.1 Å². The lowest BCUT2D eigenvalue weighted by atomic mass is 9.99. The van der Waals surface area contributed by atoms with Gasteiger partial charge in [-0.05, 0) is 12.1 Å². The summed E-state index contributed by atoms with van der Waals surface area (Å²) in [7, 11) is 2.74. The lowest BCUT2D eigenvalue weighted by Gasteiger charge is -2.41. The Balaban J connectivity index is 1.83. The maximum Gasteiger partial charge on any atom is 0.320 e. The number of aliphatic hydroxyl groups is 4. The Morgan fingerprint density at radius 2 is 1.89 bits per heavy atom. The molecule has 0 saturated carbocycles. The molecule has 0 bridgehead atoms. The van der Waals surface area contributed by atoms with E-state index in [0.717, 1.165) is 5.06 Å². The van der Waals surface area contributed by atoms with E-state index in [-0.39, 0.29) is 5.75 Å². The van der Waals surface area contributed by atoms with Crippen LogP contribution in [0.4, 0.5) is 5.69 Å². The minimum absolute atomic E-state index is 0.213. The van der Waals surface area contributed by atoms with Crippen molar-refractivity contribution in [2.75, 3.05) is 25.9 Å². The second-order valence-corrected chi connectivity index (χ2v) is 5.93. The highest BCUT2D eigenvalue weighted by Gasteiger charge is 2.47. The molecule has 1 aromatic carbocycles. The summed E-state index contributed by atoms with van der Waals surface area (Å²) in [6, 6.07) is 4.68. The number of carbonyl (C=O) groups is 1. The summed E-state index contributed by atoms with van der Waals surface area (Å²) < 4.78 is 21.3. The number of anilines is 1. The van der Waals surface area contributed by atoms with Gasteiger partial charge in [-0.25, -0.2) is 0 Å². The highest BCUT2D eigenvalue weighted by Crippen LogP contribution is 2.38. The fourth-order valence-electron chi connectivity index (χ4n) is 2.84. The monoisotopic (exact) mass is 387 g/mol. The molecule has 11 heteroatoms. The Labute approximate surface area is 154 Å². The van der Waals surface area contributed by atoms with E-state index in [9.17, 15) is 25.2 Å². The van der Waals surface area contributed by atoms with E-state index >= 15 is 0 Å². The quantitative estimate of drug-likeness (QED) is 0.453. The van der Waals surface area contributed by atoms with Gasteiger partial charge in [-0.3, -0.25) is 9.63 Å². The van der Waals surface area contributed by atoms with Gasteiger partial charge in [0.25, 0.3) is 6.29 Å². The van der Waals surface area contributed by atoms with Crippen molar-refractivity contribution in [1.29, 1.82) is 0 Å². The molecule has 3 rings (SSSR count). The van der Waals surface area contributed by atoms with Crippen molar-refractivity contribution in [3.63, 3.8) is 0 Å². The number of nitrogens with zero attached hydrogens (tertiary/aromatic N) is 1. The number of benzene rings is 1. The van der Waals surface area contributed by atoms with Crippen LogP contribution in [0.3, 0.4) is 0 Å². The molecule has 6 atom stereocenters. The van der Waals surface area contributed by atoms with Gasteiger partial charge in [-0.1, -0.05) is 0 Å². The topological polar surface area (TPSA) is 147 Å². The number of methoxy groups -OCH3 is 1. The maximum atomic E-state index is 12.6. The van der Waals surface area contributed by atoms with Crippen LogP contribution < -0.4 is 14.5 Å². The standard InChI is InChI=1S/C16H21NO10/c1-23-7-3-4-8-9(5-7)25-16(14(22)17(8)24-2)27-15-13(21)12(20)11(19)10(6-18)26-15/h3-5,10-13,15-16,18-21H,6H2,1-2H3/t10-,11-,12+,13-,15?,16?/m1/s1. The van der Waals surface area contributed by atoms with Crippen LogP contribution in [-0.4, -0.2) is 84.2 Å². The lowest BCUT2D eigenvalue weighted by Crippen LogP contribution is -2.61. The van der Waals surface area contributed by atoms with Crippen molar-refractivity contribution in [1.82, 2.24) is 0 Å². The van der Waals surface area contributed by atoms with Gasteiger partial charge >= 0.3 is 5.91 Å². The molecular weight excluding hydrogens is 366 g/mol. The third kappa shape index (κ3) is 3.58. The van der Waals surface area contributed by atoms with Crippen LogP contribution in [0.25, 0.3) is 0 Å². The van der Waals surface area contributed by atoms with Gasteiger partial charge in [0.05, 0.1) is 20.8 Å². The summed E-state index contributed by atoms with van der Waals surface area (Å²) in [5.41, 5.74) is 0.317. The zero-order chi connectivity index (χ0) is 19.7. The van der Waals surface area contributed by atoms with Crippen molar-refractivity contribution in [2.24, 2.45) is 0 Å². The van der Waals surface area contributed by atoms with Crippen molar-refractivity contribution in [3.8, 4) is 11.5 Å². The van der Waals surface area contributed by atoms with Crippen LogP contribution in [-0.2, 0) is 19.1 Å². The Hall–Kier alpha value is -1.99. The largest absolute Gasteiger partial charge is 0.497 e. The molecule has 11 nitrogen and oxygen atoms in total. The van der Waals surface area contributed by atoms with Crippen molar-refractivity contribution >= 4 is 11.6 Å². The van der Waals surface area contributed by atoms with Gasteiger partial charge in [0.15, 0.2) is 12.0 Å². The molecule has 2 heterocycles. The number of aliphatic hydroxyl groups excluding tert-OH is 4. The van der Waals surface area contributed by atoms with Crippen molar-refractivity contribution in [2.45, 2.75) is 37.0 Å². The molecule has 2 aliphatic heterocycles. The number of amides is 1. The molecule has 0 aliphatic carbocycles. The number of fused-ring (bicyclic) bond motifs is 1. The number of rotatable bonds is 5. The maximum absolute atomic E-state index is 12.6. The van der Waals surface area contributed by atoms with Crippen LogP contribution in [0.5, 0.6) is 11.5 Å². The van der Waals surface area contributed by atoms with Gasteiger partial charge < -0.3 is 39.4 Å². The molecule has 0 aromatic heterocycles. The lowest BCUT2D eigenvalue weighted by molar-refractivity contribution is -0.323. The summed E-state index contributed by atoms with van der Waals surface area (Å²) in [6.07, 6.45) is -9.18. The highest BCUT2D eigenvalue weighted by atomic mass is 16.8. The average molecular weight is 387 g/mol. The minimum Gasteiger partial charge on any atom is -0.497 e. The first-order valence-corrected chi connectivity index (χ1v) is 8.10. The molecule has 27 heavy (non-hydrogen) atoms. The molecule has 0 radical (unpaired) electrons. The smallest absolute Gasteiger partial charge is 0.320 e. The van der Waals surface area contributed by atoms with Crippen LogP contribution >= 0.6 is 0 Å². The van der Waals surface area contributed by atoms with Crippen LogP contribution in [0.2, 0.25) is 0 Å². The predicted octanol–water partition coefficient (Wildman–Crippen LogP) is -1.88. The van der Waals surface area contributed by atoms with Gasteiger partial charge in [0.2, 0.25) is 0 Å². The summed E-state index contributed by atoms with van der Waals surface area (Å²) in [5.74, 6) is -0.0664. The second kappa shape index (κ2) is 7.94. The van der Waals surface area contributed by atoms with Gasteiger partial charge in [0.1, 0.15) is 35.9 Å². The Bertz CT molecular complexity index is 683. The number of hydrogen-bond donors (Lipinski definition) is 4. The molecule has 4 N–H and O–H groups in total. The van der Waals surface area contributed by atoms with Crippen LogP contribution in [0, 0.1) is 0 Å². The first-order chi connectivity index (χ1) is 12.9. The molecule has 1 saturated heterocycles. The van der Waals surface area contributed by atoms with Gasteiger partial charge in [-0.15, -0.1) is 0 Å². The SMILES string of the molecule is COc1ccc2c(c1)OC(OC1O[C@H](CO)[C@@H](O)[C@H](O)[C@H]1O)C(=O)N2OC. The van der Waals surface area contributed by atoms with Crippen LogP contribution in [0.15, 0.2) is 18.2 Å². The highest BCUT2D eigenvalue weighted by molar-refractivity contribution is 5.97. The molecule has 1 amide bonds. The molecule has 0 spiro atoms. The van der Waals surface area contributed by atoms with E-state index in [2.05, 4.69) is 0 Å². The normalized spacial score (nSPS) is 33.4. The molecule has 2 aliphatic rings. The average Bonchev–Trinajstić information content (AvgIpc) is 2.68. The summed E-state index contributed by atoms with van der Waals surface area (Å²) >= 11 is 0. The summed E-state index contributed by atoms with van der Waals surface area (Å²) in [5, 5.41) is 39.9. The summed E-state index contributed by atoms with van der Waals surface area (Å²) in [4.78, 5) is 17.7. The fourth-order valence-corrected chi connectivity index (χ4v) is 2.84. The third-order valence-corrected chi connectivity index (χ3v) is 4.31. The first kappa shape index (κ1) is 19.8. The van der Waals surface area contributed by atoms with Crippen molar-refractivity contribution < 1.29 is 49.0 Å². The zero-order valence-corrected chi connectivity index (χ0v) is 14.6. The zero-order valence-electron chi connectivity index (χ0n) is 14.6. The number of hydrogen-bond acceptors (Lipinski definition) is 10. The first-order valence-electron chi connectivity index (χ1n) is 8.10. The molecular formula is C16H21NO10. The van der Waals surface area contributed by atoms with Gasteiger partial charge in [-0.2, -0.15) is 5.06 Å². The number of carbonyl (C=O) groups excluding carboxylic acids is 1. The fraction of sp³-hybridized carbons (Fsp3) is 0.562. The summed E-state index contributed by atoms with van der Waals surface area (Å²) in [6.45, 7) is -0.630. The molecule has 1 fully saturated rings. The Morgan fingerprint density at radius 3 is 2.52 bits per heavy atom. The van der Waals surface area contributed by atoms with E-state index in [4.69, 9.17) is 23.8 Å². The minimum atomic E-state index is -1.68. The van der Waals surface area contributed by atoms with E-state index < -0.39 is 49.5 Å². The van der Waals surface area contributed by atoms with Crippen LogP contribution in [0.1, 0.15) is 0 Å². The van der Waals surface area contributed by atoms with Gasteiger partial charge in [0, 0.05) is 6.07 Å². The third-order valence-electron chi connectivity index (χ3n) is 4.31. The predicted molar refractivity (Wildman–Crippen MR) is 86.8 cm³/mol. The second-order valence-electron chi connectivity index (χ2n) is 5.93. The number of hydroxylamine groups is 1. The van der Waals surface area contributed by atoms with E-state index in [1.807, 2.05) is 0 Å². The molecule has 150 valence electrons. The molecule has 1 aromatic rings. The molecule has 2 unspecified atom stereocenters. The number of ether oxygens (including phenoxy) is 4. The van der Waals surface area contributed by atoms with Crippen molar-refractivity contribution in [3.05, 3.63) is 18.2 Å². The van der Waals surface area contributed by atoms with E-state index in [1.165, 1.54) is 20.3 Å². The van der Waals surface area contributed by atoms with E-state index in [0.29, 0.717) is 11.4 Å². The Kier molecular flexibility index (Phi) is 5.81.